The van der Waals surface area contributed by atoms with Crippen LogP contribution >= 0.6 is 11.6 Å². The van der Waals surface area contributed by atoms with Gasteiger partial charge in [-0.25, -0.2) is 0 Å². The minimum Gasteiger partial charge on any atom is -0.294 e. The molecular formula is C13H10BClF2NO. The van der Waals surface area contributed by atoms with Gasteiger partial charge in [-0.2, -0.15) is 0 Å². The molecule has 97 valence electrons. The summed E-state index contributed by atoms with van der Waals surface area (Å²) < 4.78 is 19.0. The lowest BCUT2D eigenvalue weighted by molar-refractivity contribution is 0.0992. The van der Waals surface area contributed by atoms with Gasteiger partial charge < -0.3 is 0 Å². The molecule has 0 unspecified atom stereocenters. The first-order valence-corrected chi connectivity index (χ1v) is 5.76. The number of rotatable bonds is 3. The first-order chi connectivity index (χ1) is 9.17. The van der Waals surface area contributed by atoms with Crippen LogP contribution in [0.5, 0.6) is 0 Å². The number of hydrogen-bond donors (Lipinski definition) is 0. The molecule has 2 nitrogen and oxygen atoms in total. The first kappa shape index (κ1) is 15.3. The highest BCUT2D eigenvalue weighted by Gasteiger charge is 2.07. The summed E-state index contributed by atoms with van der Waals surface area (Å²) in [6.45, 7) is 0. The van der Waals surface area contributed by atoms with Crippen molar-refractivity contribution in [3.05, 3.63) is 64.9 Å². The molecule has 0 atom stereocenters. The molecule has 0 N–H and O–H groups in total. The summed E-state index contributed by atoms with van der Waals surface area (Å²) in [5.74, 6) is 0.0513. The minimum absolute atomic E-state index is 0.0513. The van der Waals surface area contributed by atoms with Crippen molar-refractivity contribution in [2.24, 2.45) is 0 Å². The van der Waals surface area contributed by atoms with Gasteiger partial charge in [-0.1, -0.05) is 17.7 Å². The molecule has 2 rings (SSSR count). The van der Waals surface area contributed by atoms with E-state index in [1.165, 1.54) is 0 Å². The molecule has 1 aromatic heterocycles. The number of carbonyl (C=O) groups is 1. The number of benzene rings is 1. The average molecular weight is 280 g/mol. The predicted molar refractivity (Wildman–Crippen MR) is 71.7 cm³/mol. The first-order valence-electron chi connectivity index (χ1n) is 5.38. The standard InChI is InChI=1S/C13H10ClNO.BF2/c14-11-6-4-10(5-7-11)13(16)9-12-3-1-2-8-15-12;2-1-3/h1-8H,9H2;. The number of hydrogen-bond acceptors (Lipinski definition) is 2. The van der Waals surface area contributed by atoms with Crippen LogP contribution in [0.1, 0.15) is 16.1 Å². The van der Waals surface area contributed by atoms with Gasteiger partial charge in [0.1, 0.15) is 0 Å². The van der Waals surface area contributed by atoms with Gasteiger partial charge in [0, 0.05) is 22.5 Å². The number of Topliss-reactive ketones (excluding diaryl/α,β-unsaturated/α-hetero) is 1. The Kier molecular flexibility index (Phi) is 6.75. The predicted octanol–water partition coefficient (Wildman–Crippen LogP) is 3.62. The monoisotopic (exact) mass is 280 g/mol. The third-order valence-corrected chi connectivity index (χ3v) is 2.49. The van der Waals surface area contributed by atoms with Crippen molar-refractivity contribution in [3.8, 4) is 0 Å². The molecule has 0 amide bonds. The normalized spacial score (nSPS) is 9.21. The van der Waals surface area contributed by atoms with E-state index in [4.69, 9.17) is 11.6 Å². The quantitative estimate of drug-likeness (QED) is 0.635. The molecule has 1 aromatic carbocycles. The molecule has 0 saturated heterocycles. The van der Waals surface area contributed by atoms with Crippen molar-refractivity contribution in [2.45, 2.75) is 6.42 Å². The molecule has 2 aromatic rings. The van der Waals surface area contributed by atoms with Crippen LogP contribution in [0, 0.1) is 0 Å². The van der Waals surface area contributed by atoms with Crippen LogP contribution < -0.4 is 0 Å². The summed E-state index contributed by atoms with van der Waals surface area (Å²) in [6.07, 6.45) is 2.01. The van der Waals surface area contributed by atoms with Gasteiger partial charge in [0.25, 0.3) is 0 Å². The lowest BCUT2D eigenvalue weighted by Gasteiger charge is -2.00. The maximum Gasteiger partial charge on any atom is 0.577 e. The second kappa shape index (κ2) is 8.37. The zero-order valence-electron chi connectivity index (χ0n) is 9.89. The molecule has 1 radical (unpaired) electrons. The van der Waals surface area contributed by atoms with E-state index < -0.39 is 7.83 Å². The van der Waals surface area contributed by atoms with Crippen LogP contribution in [-0.2, 0) is 6.42 Å². The summed E-state index contributed by atoms with van der Waals surface area (Å²) >= 11 is 5.75. The van der Waals surface area contributed by atoms with E-state index in [1.807, 2.05) is 18.2 Å². The summed E-state index contributed by atoms with van der Waals surface area (Å²) in [5, 5.41) is 0.634. The number of carbonyl (C=O) groups excluding carboxylic acids is 1. The zero-order valence-corrected chi connectivity index (χ0v) is 10.6. The fourth-order valence-electron chi connectivity index (χ4n) is 1.41. The lowest BCUT2D eigenvalue weighted by Crippen LogP contribution is -2.04. The van der Waals surface area contributed by atoms with Crippen molar-refractivity contribution < 1.29 is 13.4 Å². The SMILES string of the molecule is F[B]F.O=C(Cc1ccccn1)c1ccc(Cl)cc1. The van der Waals surface area contributed by atoms with Gasteiger partial charge in [0.05, 0.1) is 6.42 Å². The second-order valence-corrected chi connectivity index (χ2v) is 3.95. The van der Waals surface area contributed by atoms with Gasteiger partial charge in [-0.05, 0) is 36.4 Å². The minimum atomic E-state index is -1.00. The lowest BCUT2D eigenvalue weighted by atomic mass is 10.1. The molecule has 0 spiro atoms. The van der Waals surface area contributed by atoms with Crippen molar-refractivity contribution in [1.82, 2.24) is 4.98 Å². The molecule has 6 heteroatoms. The summed E-state index contributed by atoms with van der Waals surface area (Å²) in [5.41, 5.74) is 1.44. The van der Waals surface area contributed by atoms with Crippen LogP contribution in [0.25, 0.3) is 0 Å². The Morgan fingerprint density at radius 1 is 1.16 bits per heavy atom. The van der Waals surface area contributed by atoms with Crippen molar-refractivity contribution in [1.29, 1.82) is 0 Å². The highest BCUT2D eigenvalue weighted by molar-refractivity contribution is 6.30. The third kappa shape index (κ3) is 5.61. The Hall–Kier alpha value is -1.75. The summed E-state index contributed by atoms with van der Waals surface area (Å²) in [7, 11) is -1.00. The number of ketones is 1. The highest BCUT2D eigenvalue weighted by Crippen LogP contribution is 2.11. The van der Waals surface area contributed by atoms with E-state index in [1.54, 1.807) is 30.5 Å². The van der Waals surface area contributed by atoms with Crippen LogP contribution in [0.4, 0.5) is 8.63 Å². The molecule has 0 aliphatic carbocycles. The molecule has 0 aliphatic rings. The molecule has 0 aliphatic heterocycles. The topological polar surface area (TPSA) is 30.0 Å². The molecular weight excluding hydrogens is 270 g/mol. The van der Waals surface area contributed by atoms with E-state index in [2.05, 4.69) is 4.98 Å². The van der Waals surface area contributed by atoms with E-state index in [9.17, 15) is 13.4 Å². The fraction of sp³-hybridized carbons (Fsp3) is 0.0769. The Labute approximate surface area is 115 Å². The molecule has 19 heavy (non-hydrogen) atoms. The van der Waals surface area contributed by atoms with Crippen LogP contribution in [0.2, 0.25) is 5.02 Å². The van der Waals surface area contributed by atoms with Crippen LogP contribution in [0.15, 0.2) is 48.7 Å². The Morgan fingerprint density at radius 2 is 1.79 bits per heavy atom. The number of aromatic nitrogens is 1. The largest absolute Gasteiger partial charge is 0.577 e. The van der Waals surface area contributed by atoms with E-state index >= 15 is 0 Å². The fourth-order valence-corrected chi connectivity index (χ4v) is 1.53. The summed E-state index contributed by atoms with van der Waals surface area (Å²) in [6, 6.07) is 12.4. The number of nitrogens with zero attached hydrogens (tertiary/aromatic N) is 1. The second-order valence-electron chi connectivity index (χ2n) is 3.51. The smallest absolute Gasteiger partial charge is 0.294 e. The van der Waals surface area contributed by atoms with Gasteiger partial charge in [0.2, 0.25) is 0 Å². The van der Waals surface area contributed by atoms with Gasteiger partial charge >= 0.3 is 7.83 Å². The van der Waals surface area contributed by atoms with Crippen molar-refractivity contribution in [2.75, 3.05) is 0 Å². The summed E-state index contributed by atoms with van der Waals surface area (Å²) in [4.78, 5) is 16.0. The zero-order chi connectivity index (χ0) is 14.1. The van der Waals surface area contributed by atoms with Gasteiger partial charge in [-0.3, -0.25) is 18.4 Å². The Morgan fingerprint density at radius 3 is 2.32 bits per heavy atom. The van der Waals surface area contributed by atoms with E-state index in [-0.39, 0.29) is 5.78 Å². The Bertz CT molecular complexity index is 508. The van der Waals surface area contributed by atoms with Gasteiger partial charge in [-0.15, -0.1) is 0 Å². The molecule has 0 saturated carbocycles. The third-order valence-electron chi connectivity index (χ3n) is 2.23. The van der Waals surface area contributed by atoms with E-state index in [0.717, 1.165) is 5.69 Å². The van der Waals surface area contributed by atoms with Crippen LogP contribution in [-0.4, -0.2) is 18.6 Å². The molecule has 0 fully saturated rings. The van der Waals surface area contributed by atoms with Crippen molar-refractivity contribution in [3.63, 3.8) is 0 Å². The molecule has 1 heterocycles. The van der Waals surface area contributed by atoms with Gasteiger partial charge in [0.15, 0.2) is 5.78 Å². The Balaban J connectivity index is 0.000000550. The van der Waals surface area contributed by atoms with Crippen molar-refractivity contribution >= 4 is 25.2 Å². The maximum absolute atomic E-state index is 11.8. The van der Waals surface area contributed by atoms with Crippen LogP contribution in [0.3, 0.4) is 0 Å². The maximum atomic E-state index is 11.8. The molecule has 0 bridgehead atoms. The highest BCUT2D eigenvalue weighted by atomic mass is 35.5. The number of halogens is 3. The van der Waals surface area contributed by atoms with E-state index in [0.29, 0.717) is 17.0 Å². The average Bonchev–Trinajstić information content (AvgIpc) is 2.41. The number of pyridine rings is 1.